The molecule has 0 bridgehead atoms. The zero-order chi connectivity index (χ0) is 10.8. The van der Waals surface area contributed by atoms with Gasteiger partial charge in [0.05, 0.1) is 6.42 Å². The third kappa shape index (κ3) is 2.23. The molecule has 15 heavy (non-hydrogen) atoms. The number of nitrogens with zero attached hydrogens (tertiary/aromatic N) is 3. The second-order valence-corrected chi connectivity index (χ2v) is 3.94. The minimum atomic E-state index is -0.248. The van der Waals surface area contributed by atoms with Crippen molar-refractivity contribution in [1.82, 2.24) is 14.8 Å². The van der Waals surface area contributed by atoms with E-state index in [9.17, 15) is 4.79 Å². The van der Waals surface area contributed by atoms with Crippen molar-refractivity contribution in [1.29, 1.82) is 0 Å². The molecular weight excluding hydrogens is 194 g/mol. The number of ketones is 1. The Morgan fingerprint density at radius 2 is 2.47 bits per heavy atom. The van der Waals surface area contributed by atoms with Crippen molar-refractivity contribution >= 4 is 5.78 Å². The average Bonchev–Trinajstić information content (AvgIpc) is 2.95. The van der Waals surface area contributed by atoms with E-state index in [1.807, 2.05) is 0 Å². The minimum Gasteiger partial charge on any atom is -0.373 e. The molecule has 1 unspecified atom stereocenters. The van der Waals surface area contributed by atoms with Crippen LogP contribution in [-0.4, -0.2) is 33.8 Å². The molecule has 0 N–H and O–H groups in total. The minimum absolute atomic E-state index is 0.108. The Hall–Kier alpha value is -1.23. The molecule has 1 aromatic heterocycles. The van der Waals surface area contributed by atoms with Gasteiger partial charge in [-0.25, -0.2) is 4.98 Å². The largest absolute Gasteiger partial charge is 0.373 e. The van der Waals surface area contributed by atoms with Gasteiger partial charge in [0.2, 0.25) is 0 Å². The van der Waals surface area contributed by atoms with Gasteiger partial charge in [-0.2, -0.15) is 5.10 Å². The Morgan fingerprint density at radius 3 is 2.93 bits per heavy atom. The normalized spacial score (nSPS) is 17.7. The summed E-state index contributed by atoms with van der Waals surface area (Å²) in [5, 5.41) is 3.93. The molecule has 0 saturated heterocycles. The summed E-state index contributed by atoms with van der Waals surface area (Å²) in [5.41, 5.74) is 0. The lowest BCUT2D eigenvalue weighted by Gasteiger charge is -2.12. The molecule has 2 rings (SSSR count). The predicted octanol–water partition coefficient (Wildman–Crippen LogP) is 0.352. The highest BCUT2D eigenvalue weighted by atomic mass is 16.5. The van der Waals surface area contributed by atoms with Gasteiger partial charge in [0.25, 0.3) is 0 Å². The molecule has 1 heterocycles. The Morgan fingerprint density at radius 1 is 1.73 bits per heavy atom. The third-order valence-electron chi connectivity index (χ3n) is 2.76. The molecule has 0 spiro atoms. The third-order valence-corrected chi connectivity index (χ3v) is 2.76. The highest BCUT2D eigenvalue weighted by Crippen LogP contribution is 2.34. The number of aryl methyl sites for hydroxylation is 1. The van der Waals surface area contributed by atoms with Crippen molar-refractivity contribution in [2.24, 2.45) is 13.0 Å². The smallest absolute Gasteiger partial charge is 0.169 e. The van der Waals surface area contributed by atoms with Gasteiger partial charge >= 0.3 is 0 Å². The van der Waals surface area contributed by atoms with Crippen LogP contribution in [0.1, 0.15) is 18.7 Å². The van der Waals surface area contributed by atoms with Crippen LogP contribution in [-0.2, 0) is 23.0 Å². The van der Waals surface area contributed by atoms with Crippen LogP contribution in [0.5, 0.6) is 0 Å². The maximum absolute atomic E-state index is 11.9. The summed E-state index contributed by atoms with van der Waals surface area (Å²) in [6.07, 6.45) is 3.72. The summed E-state index contributed by atoms with van der Waals surface area (Å²) >= 11 is 0. The molecule has 1 aliphatic carbocycles. The van der Waals surface area contributed by atoms with E-state index >= 15 is 0 Å². The van der Waals surface area contributed by atoms with Crippen LogP contribution in [0.2, 0.25) is 0 Å². The molecule has 82 valence electrons. The van der Waals surface area contributed by atoms with Crippen LogP contribution in [0.4, 0.5) is 0 Å². The Kier molecular flexibility index (Phi) is 2.81. The highest BCUT2D eigenvalue weighted by molar-refractivity contribution is 5.85. The number of aromatic nitrogens is 3. The number of methoxy groups -OCH3 is 1. The number of hydrogen-bond acceptors (Lipinski definition) is 4. The SMILES string of the molecule is COC(C(=O)Cc1ncnn1C)C1CC1. The lowest BCUT2D eigenvalue weighted by atomic mass is 10.1. The van der Waals surface area contributed by atoms with E-state index in [0.717, 1.165) is 12.8 Å². The van der Waals surface area contributed by atoms with E-state index in [1.165, 1.54) is 6.33 Å². The monoisotopic (exact) mass is 209 g/mol. The maximum Gasteiger partial charge on any atom is 0.169 e. The van der Waals surface area contributed by atoms with E-state index in [-0.39, 0.29) is 11.9 Å². The first-order valence-electron chi connectivity index (χ1n) is 5.10. The molecular formula is C10H15N3O2. The van der Waals surface area contributed by atoms with Crippen LogP contribution < -0.4 is 0 Å². The summed E-state index contributed by atoms with van der Waals surface area (Å²) in [6.45, 7) is 0. The number of carbonyl (C=O) groups is 1. The fourth-order valence-corrected chi connectivity index (χ4v) is 1.72. The Labute approximate surface area is 88.4 Å². The van der Waals surface area contributed by atoms with Crippen LogP contribution in [0.15, 0.2) is 6.33 Å². The molecule has 1 atom stereocenters. The first kappa shape index (κ1) is 10.3. The van der Waals surface area contributed by atoms with Crippen LogP contribution in [0, 0.1) is 5.92 Å². The molecule has 5 heteroatoms. The molecule has 0 aliphatic heterocycles. The molecule has 0 aromatic carbocycles. The zero-order valence-electron chi connectivity index (χ0n) is 9.01. The fraction of sp³-hybridized carbons (Fsp3) is 0.700. The van der Waals surface area contributed by atoms with Crippen molar-refractivity contribution in [3.05, 3.63) is 12.2 Å². The van der Waals surface area contributed by atoms with Crippen LogP contribution in [0.3, 0.4) is 0 Å². The van der Waals surface area contributed by atoms with Gasteiger partial charge in [0, 0.05) is 14.2 Å². The van der Waals surface area contributed by atoms with Crippen molar-refractivity contribution in [3.63, 3.8) is 0 Å². The van der Waals surface area contributed by atoms with Gasteiger partial charge in [0.15, 0.2) is 5.78 Å². The fourth-order valence-electron chi connectivity index (χ4n) is 1.72. The quantitative estimate of drug-likeness (QED) is 0.702. The molecule has 1 aromatic rings. The number of rotatable bonds is 5. The lowest BCUT2D eigenvalue weighted by molar-refractivity contribution is -0.129. The van der Waals surface area contributed by atoms with Gasteiger partial charge in [-0.15, -0.1) is 0 Å². The second-order valence-electron chi connectivity index (χ2n) is 3.94. The molecule has 0 amide bonds. The molecule has 0 radical (unpaired) electrons. The number of Topliss-reactive ketones (excluding diaryl/α,β-unsaturated/α-hetero) is 1. The first-order valence-corrected chi connectivity index (χ1v) is 5.10. The molecule has 1 saturated carbocycles. The van der Waals surface area contributed by atoms with Crippen LogP contribution in [0.25, 0.3) is 0 Å². The van der Waals surface area contributed by atoms with Crippen molar-refractivity contribution in [2.45, 2.75) is 25.4 Å². The standard InChI is InChI=1S/C10H15N3O2/c1-13-9(11-6-12-13)5-8(14)10(15-2)7-3-4-7/h6-7,10H,3-5H2,1-2H3. The summed E-state index contributed by atoms with van der Waals surface area (Å²) in [4.78, 5) is 15.9. The average molecular weight is 209 g/mol. The Bertz CT molecular complexity index is 357. The maximum atomic E-state index is 11.9. The topological polar surface area (TPSA) is 57.0 Å². The zero-order valence-corrected chi connectivity index (χ0v) is 9.01. The van der Waals surface area contributed by atoms with Crippen molar-refractivity contribution in [3.8, 4) is 0 Å². The number of hydrogen-bond donors (Lipinski definition) is 0. The predicted molar refractivity (Wildman–Crippen MR) is 53.2 cm³/mol. The van der Waals surface area contributed by atoms with Gasteiger partial charge in [-0.1, -0.05) is 0 Å². The molecule has 1 aliphatic rings. The van der Waals surface area contributed by atoms with Gasteiger partial charge < -0.3 is 4.74 Å². The van der Waals surface area contributed by atoms with Crippen LogP contribution >= 0.6 is 0 Å². The van der Waals surface area contributed by atoms with Crippen molar-refractivity contribution < 1.29 is 9.53 Å². The first-order chi connectivity index (χ1) is 7.22. The summed E-state index contributed by atoms with van der Waals surface area (Å²) < 4.78 is 6.84. The van der Waals surface area contributed by atoms with Gasteiger partial charge in [-0.3, -0.25) is 9.48 Å². The van der Waals surface area contributed by atoms with Crippen molar-refractivity contribution in [2.75, 3.05) is 7.11 Å². The summed E-state index contributed by atoms with van der Waals surface area (Å²) in [5.74, 6) is 1.23. The van der Waals surface area contributed by atoms with Gasteiger partial charge in [0.1, 0.15) is 18.3 Å². The van der Waals surface area contributed by atoms with E-state index < -0.39 is 0 Å². The number of carbonyl (C=O) groups excluding carboxylic acids is 1. The molecule has 1 fully saturated rings. The van der Waals surface area contributed by atoms with Gasteiger partial charge in [-0.05, 0) is 18.8 Å². The molecule has 5 nitrogen and oxygen atoms in total. The second kappa shape index (κ2) is 4.10. The van der Waals surface area contributed by atoms with E-state index in [4.69, 9.17) is 4.74 Å². The highest BCUT2D eigenvalue weighted by Gasteiger charge is 2.36. The van der Waals surface area contributed by atoms with E-state index in [0.29, 0.717) is 18.2 Å². The number of ether oxygens (including phenoxy) is 1. The summed E-state index contributed by atoms with van der Waals surface area (Å²) in [6, 6.07) is 0. The lowest BCUT2D eigenvalue weighted by Crippen LogP contribution is -2.27. The Balaban J connectivity index is 1.99. The summed E-state index contributed by atoms with van der Waals surface area (Å²) in [7, 11) is 3.38. The van der Waals surface area contributed by atoms with E-state index in [2.05, 4.69) is 10.1 Å². The van der Waals surface area contributed by atoms with E-state index in [1.54, 1.807) is 18.8 Å².